The van der Waals surface area contributed by atoms with Crippen molar-refractivity contribution in [3.8, 4) is 6.07 Å². The van der Waals surface area contributed by atoms with Crippen molar-refractivity contribution in [2.45, 2.75) is 33.4 Å². The number of rotatable bonds is 3. The van der Waals surface area contributed by atoms with Gasteiger partial charge in [0.1, 0.15) is 11.9 Å². The molecule has 2 rings (SSSR count). The van der Waals surface area contributed by atoms with Crippen molar-refractivity contribution in [1.29, 1.82) is 5.26 Å². The van der Waals surface area contributed by atoms with E-state index in [9.17, 15) is 9.18 Å². The smallest absolute Gasteiger partial charge is 0.322 e. The number of nitrogens with zero attached hydrogens (tertiary/aromatic N) is 1. The molecule has 0 saturated carbocycles. The van der Waals surface area contributed by atoms with Gasteiger partial charge in [0.15, 0.2) is 0 Å². The molecule has 6 nitrogen and oxygen atoms in total. The lowest BCUT2D eigenvalue weighted by atomic mass is 9.99. The van der Waals surface area contributed by atoms with Gasteiger partial charge in [0, 0.05) is 5.69 Å². The van der Waals surface area contributed by atoms with Crippen molar-refractivity contribution >= 4 is 23.3 Å². The number of nitrogen functional groups attached to an aromatic ring is 1. The highest BCUT2D eigenvalue weighted by Crippen LogP contribution is 2.26. The van der Waals surface area contributed by atoms with Crippen LogP contribution < -0.4 is 17.2 Å². The summed E-state index contributed by atoms with van der Waals surface area (Å²) >= 11 is 5.49. The number of carboxylic acid groups (broad SMARTS) is 1. The van der Waals surface area contributed by atoms with Crippen LogP contribution in [0.25, 0.3) is 0 Å². The second kappa shape index (κ2) is 13.5. The first-order valence-electron chi connectivity index (χ1n) is 7.71. The van der Waals surface area contributed by atoms with E-state index in [0.717, 1.165) is 6.07 Å². The third-order valence-electron chi connectivity index (χ3n) is 3.06. The fourth-order valence-corrected chi connectivity index (χ4v) is 1.90. The van der Waals surface area contributed by atoms with Crippen LogP contribution in [0.5, 0.6) is 0 Å². The molecule has 0 spiro atoms. The van der Waals surface area contributed by atoms with Crippen molar-refractivity contribution in [3.63, 3.8) is 0 Å². The SMILES string of the molecule is C.CC.N#Cc1ccccc1.Nc1cc(Cl)c(F)cc1C(N)C(N)C(=O)O. The fraction of sp³-hybridized carbons (Fsp3) is 0.263. The van der Waals surface area contributed by atoms with Gasteiger partial charge in [0.05, 0.1) is 22.7 Å². The van der Waals surface area contributed by atoms with Crippen molar-refractivity contribution in [3.05, 3.63) is 64.4 Å². The number of halogens is 2. The van der Waals surface area contributed by atoms with E-state index in [2.05, 4.69) is 0 Å². The van der Waals surface area contributed by atoms with Crippen molar-refractivity contribution in [1.82, 2.24) is 0 Å². The Morgan fingerprint density at radius 2 is 1.74 bits per heavy atom. The van der Waals surface area contributed by atoms with E-state index >= 15 is 0 Å². The van der Waals surface area contributed by atoms with Gasteiger partial charge < -0.3 is 22.3 Å². The highest BCUT2D eigenvalue weighted by molar-refractivity contribution is 6.31. The lowest BCUT2D eigenvalue weighted by Crippen LogP contribution is -2.41. The third kappa shape index (κ3) is 8.51. The molecule has 0 bridgehead atoms. The molecule has 2 atom stereocenters. The Hall–Kier alpha value is -2.66. The number of nitrogens with two attached hydrogens (primary N) is 3. The minimum Gasteiger partial charge on any atom is -0.480 e. The topological polar surface area (TPSA) is 139 Å². The molecule has 0 saturated heterocycles. The summed E-state index contributed by atoms with van der Waals surface area (Å²) in [6, 6.07) is 10.9. The van der Waals surface area contributed by atoms with Crippen molar-refractivity contribution < 1.29 is 14.3 Å². The monoisotopic (exact) mass is 396 g/mol. The van der Waals surface area contributed by atoms with Gasteiger partial charge in [0.25, 0.3) is 0 Å². The van der Waals surface area contributed by atoms with Gasteiger partial charge in [-0.25, -0.2) is 4.39 Å². The summed E-state index contributed by atoms with van der Waals surface area (Å²) < 4.78 is 13.2. The van der Waals surface area contributed by atoms with Gasteiger partial charge in [-0.3, -0.25) is 4.79 Å². The molecule has 27 heavy (non-hydrogen) atoms. The fourth-order valence-electron chi connectivity index (χ4n) is 1.73. The molecule has 0 aliphatic heterocycles. The molecular weight excluding hydrogens is 371 g/mol. The van der Waals surface area contributed by atoms with Crippen molar-refractivity contribution in [2.24, 2.45) is 11.5 Å². The predicted molar refractivity (Wildman–Crippen MR) is 108 cm³/mol. The van der Waals surface area contributed by atoms with Gasteiger partial charge in [-0.05, 0) is 29.8 Å². The molecule has 2 aromatic rings. The summed E-state index contributed by atoms with van der Waals surface area (Å²) in [6.45, 7) is 4.00. The zero-order chi connectivity index (χ0) is 20.3. The van der Waals surface area contributed by atoms with E-state index in [1.807, 2.05) is 38.1 Å². The number of carboxylic acids is 1. The van der Waals surface area contributed by atoms with Gasteiger partial charge in [0.2, 0.25) is 0 Å². The van der Waals surface area contributed by atoms with Crippen LogP contribution in [0.3, 0.4) is 0 Å². The number of nitriles is 1. The maximum atomic E-state index is 13.2. The average Bonchev–Trinajstić information content (AvgIpc) is 2.66. The number of hydrogen-bond donors (Lipinski definition) is 4. The number of carbonyl (C=O) groups is 1. The molecule has 0 aliphatic carbocycles. The second-order valence-corrected chi connectivity index (χ2v) is 5.17. The zero-order valence-electron chi connectivity index (χ0n) is 14.5. The summed E-state index contributed by atoms with van der Waals surface area (Å²) in [6.07, 6.45) is 0. The van der Waals surface area contributed by atoms with Crippen LogP contribution in [-0.4, -0.2) is 17.1 Å². The maximum Gasteiger partial charge on any atom is 0.322 e. The third-order valence-corrected chi connectivity index (χ3v) is 3.35. The molecule has 0 aliphatic rings. The average molecular weight is 397 g/mol. The highest BCUT2D eigenvalue weighted by Gasteiger charge is 2.24. The Kier molecular flexibility index (Phi) is 13.3. The minimum atomic E-state index is -1.36. The molecule has 0 fully saturated rings. The van der Waals surface area contributed by atoms with Crippen LogP contribution in [0.2, 0.25) is 5.02 Å². The van der Waals surface area contributed by atoms with E-state index in [0.29, 0.717) is 5.56 Å². The molecular formula is C19H26ClFN4O2. The minimum absolute atomic E-state index is 0. The molecule has 7 N–H and O–H groups in total. The predicted octanol–water partition coefficient (Wildman–Crippen LogP) is 3.69. The number of aliphatic carboxylic acids is 1. The lowest BCUT2D eigenvalue weighted by molar-refractivity contribution is -0.139. The number of hydrogen-bond acceptors (Lipinski definition) is 5. The molecule has 2 aromatic carbocycles. The number of benzene rings is 2. The van der Waals surface area contributed by atoms with Gasteiger partial charge in [-0.2, -0.15) is 5.26 Å². The Labute approximate surface area is 164 Å². The van der Waals surface area contributed by atoms with Crippen LogP contribution in [0.15, 0.2) is 42.5 Å². The summed E-state index contributed by atoms with van der Waals surface area (Å²) in [4.78, 5) is 10.6. The summed E-state index contributed by atoms with van der Waals surface area (Å²) in [7, 11) is 0. The first kappa shape index (κ1) is 26.6. The summed E-state index contributed by atoms with van der Waals surface area (Å²) in [5.74, 6) is -2.01. The Bertz CT molecular complexity index is 751. The van der Waals surface area contributed by atoms with Gasteiger partial charge >= 0.3 is 5.97 Å². The molecule has 0 radical (unpaired) electrons. The first-order valence-corrected chi connectivity index (χ1v) is 8.09. The van der Waals surface area contributed by atoms with Crippen molar-refractivity contribution in [2.75, 3.05) is 5.73 Å². The Balaban J connectivity index is 0. The summed E-state index contributed by atoms with van der Waals surface area (Å²) in [5, 5.41) is 16.8. The number of anilines is 1. The highest BCUT2D eigenvalue weighted by atomic mass is 35.5. The van der Waals surface area contributed by atoms with Gasteiger partial charge in [-0.1, -0.05) is 51.1 Å². The van der Waals surface area contributed by atoms with E-state index in [1.165, 1.54) is 6.07 Å². The molecule has 0 aromatic heterocycles. The largest absolute Gasteiger partial charge is 0.480 e. The second-order valence-electron chi connectivity index (χ2n) is 4.76. The van der Waals surface area contributed by atoms with Crippen LogP contribution in [-0.2, 0) is 4.79 Å². The molecule has 0 amide bonds. The van der Waals surface area contributed by atoms with Crippen LogP contribution in [0.1, 0.15) is 38.4 Å². The first-order chi connectivity index (χ1) is 12.3. The van der Waals surface area contributed by atoms with E-state index in [1.54, 1.807) is 12.1 Å². The van der Waals surface area contributed by atoms with Gasteiger partial charge in [-0.15, -0.1) is 0 Å². The van der Waals surface area contributed by atoms with Crippen LogP contribution in [0.4, 0.5) is 10.1 Å². The Morgan fingerprint density at radius 3 is 2.15 bits per heavy atom. The maximum absolute atomic E-state index is 13.2. The molecule has 8 heteroatoms. The van der Waals surface area contributed by atoms with E-state index < -0.39 is 23.9 Å². The molecule has 0 heterocycles. The molecule has 148 valence electrons. The molecule has 2 unspecified atom stereocenters. The standard InChI is InChI=1S/C9H11ClFN3O2.C7H5N.C2H6.CH4/c10-4-2-6(12)3(1-5(4)11)7(13)8(14)9(15)16;8-6-7-4-2-1-3-5-7;1-2;/h1-2,7-8H,12-14H2,(H,15,16);1-5H;1-2H3;1H4. The lowest BCUT2D eigenvalue weighted by Gasteiger charge is -2.18. The van der Waals surface area contributed by atoms with E-state index in [-0.39, 0.29) is 23.7 Å². The van der Waals surface area contributed by atoms with Crippen LogP contribution in [0, 0.1) is 17.1 Å². The zero-order valence-corrected chi connectivity index (χ0v) is 15.2. The van der Waals surface area contributed by atoms with E-state index in [4.69, 9.17) is 39.2 Å². The quantitative estimate of drug-likeness (QED) is 0.583. The normalized spacial score (nSPS) is 11.1. The Morgan fingerprint density at radius 1 is 1.22 bits per heavy atom. The summed E-state index contributed by atoms with van der Waals surface area (Å²) in [5.41, 5.74) is 17.4. The van der Waals surface area contributed by atoms with Crippen LogP contribution >= 0.6 is 11.6 Å².